The quantitative estimate of drug-likeness (QED) is 0.720. The molecule has 1 aromatic carbocycles. The maximum Gasteiger partial charge on any atom is 0.251 e. The van der Waals surface area contributed by atoms with Crippen LogP contribution in [0.25, 0.3) is 0 Å². The molecule has 0 saturated carbocycles. The van der Waals surface area contributed by atoms with Crippen molar-refractivity contribution >= 4 is 18.5 Å². The minimum Gasteiger partial charge on any atom is -0.350 e. The van der Waals surface area contributed by atoms with Gasteiger partial charge in [0.15, 0.2) is 0 Å². The minimum absolute atomic E-state index is 0.0339. The smallest absolute Gasteiger partial charge is 0.251 e. The van der Waals surface area contributed by atoms with Gasteiger partial charge in [-0.3, -0.25) is 4.79 Å². The Balaban J connectivity index is 2.94. The monoisotopic (exact) mass is 209 g/mol. The summed E-state index contributed by atoms with van der Waals surface area (Å²) in [6.07, 6.45) is 0. The van der Waals surface area contributed by atoms with Gasteiger partial charge in [-0.05, 0) is 38.5 Å². The van der Waals surface area contributed by atoms with E-state index in [0.717, 1.165) is 10.5 Å². The van der Waals surface area contributed by atoms with Gasteiger partial charge in [0, 0.05) is 16.5 Å². The van der Waals surface area contributed by atoms with E-state index in [9.17, 15) is 4.79 Å². The third-order valence-electron chi connectivity index (χ3n) is 1.89. The number of amides is 1. The first-order valence-electron chi connectivity index (χ1n) is 4.61. The molecular weight excluding hydrogens is 194 g/mol. The first-order chi connectivity index (χ1) is 6.50. The lowest BCUT2D eigenvalue weighted by Gasteiger charge is -2.10. The van der Waals surface area contributed by atoms with Crippen molar-refractivity contribution in [1.29, 1.82) is 0 Å². The van der Waals surface area contributed by atoms with E-state index in [1.807, 2.05) is 32.9 Å². The van der Waals surface area contributed by atoms with Gasteiger partial charge >= 0.3 is 0 Å². The van der Waals surface area contributed by atoms with Crippen LogP contribution in [0, 0.1) is 6.92 Å². The van der Waals surface area contributed by atoms with E-state index in [-0.39, 0.29) is 11.9 Å². The number of benzene rings is 1. The molecule has 0 saturated heterocycles. The second-order valence-electron chi connectivity index (χ2n) is 3.63. The molecular formula is C11H15NOS. The first-order valence-corrected chi connectivity index (χ1v) is 5.06. The average molecular weight is 209 g/mol. The fraction of sp³-hybridized carbons (Fsp3) is 0.364. The molecule has 0 fully saturated rings. The molecule has 0 heterocycles. The zero-order valence-corrected chi connectivity index (χ0v) is 9.56. The molecule has 3 heteroatoms. The lowest BCUT2D eigenvalue weighted by molar-refractivity contribution is 0.0942. The number of aryl methyl sites for hydroxylation is 1. The van der Waals surface area contributed by atoms with E-state index in [1.54, 1.807) is 6.07 Å². The Bertz CT molecular complexity index is 347. The lowest BCUT2D eigenvalue weighted by Crippen LogP contribution is -2.30. The first kappa shape index (κ1) is 11.1. The number of rotatable bonds is 2. The van der Waals surface area contributed by atoms with Crippen molar-refractivity contribution in [1.82, 2.24) is 5.32 Å². The number of hydrogen-bond acceptors (Lipinski definition) is 2. The Morgan fingerprint density at radius 2 is 2.07 bits per heavy atom. The van der Waals surface area contributed by atoms with Gasteiger partial charge in [0.2, 0.25) is 0 Å². The fourth-order valence-corrected chi connectivity index (χ4v) is 1.40. The molecule has 0 aliphatic carbocycles. The van der Waals surface area contributed by atoms with Gasteiger partial charge < -0.3 is 5.32 Å². The second kappa shape index (κ2) is 4.51. The van der Waals surface area contributed by atoms with Crippen molar-refractivity contribution in [2.75, 3.05) is 0 Å². The van der Waals surface area contributed by atoms with Crippen molar-refractivity contribution in [3.05, 3.63) is 29.3 Å². The summed E-state index contributed by atoms with van der Waals surface area (Å²) >= 11 is 4.21. The van der Waals surface area contributed by atoms with Crippen molar-refractivity contribution in [3.8, 4) is 0 Å². The van der Waals surface area contributed by atoms with E-state index < -0.39 is 0 Å². The van der Waals surface area contributed by atoms with Crippen LogP contribution in [-0.2, 0) is 0 Å². The molecule has 0 aromatic heterocycles. The molecule has 0 unspecified atom stereocenters. The van der Waals surface area contributed by atoms with E-state index in [2.05, 4.69) is 17.9 Å². The van der Waals surface area contributed by atoms with Crippen LogP contribution in [0.3, 0.4) is 0 Å². The summed E-state index contributed by atoms with van der Waals surface area (Å²) in [7, 11) is 0. The predicted molar refractivity (Wildman–Crippen MR) is 61.0 cm³/mol. The highest BCUT2D eigenvalue weighted by atomic mass is 32.1. The largest absolute Gasteiger partial charge is 0.350 e. The molecule has 76 valence electrons. The molecule has 1 amide bonds. The van der Waals surface area contributed by atoms with Gasteiger partial charge in [0.1, 0.15) is 0 Å². The highest BCUT2D eigenvalue weighted by molar-refractivity contribution is 7.80. The van der Waals surface area contributed by atoms with Crippen LogP contribution in [-0.4, -0.2) is 11.9 Å². The van der Waals surface area contributed by atoms with Crippen LogP contribution in [0.2, 0.25) is 0 Å². The highest BCUT2D eigenvalue weighted by Gasteiger charge is 2.09. The Kier molecular flexibility index (Phi) is 3.58. The van der Waals surface area contributed by atoms with Crippen LogP contribution in [0.4, 0.5) is 0 Å². The minimum atomic E-state index is -0.0339. The third kappa shape index (κ3) is 2.77. The second-order valence-corrected chi connectivity index (χ2v) is 4.14. The van der Waals surface area contributed by atoms with Crippen molar-refractivity contribution in [2.24, 2.45) is 0 Å². The lowest BCUT2D eigenvalue weighted by atomic mass is 10.1. The molecule has 0 spiro atoms. The van der Waals surface area contributed by atoms with E-state index >= 15 is 0 Å². The number of carbonyl (C=O) groups excluding carboxylic acids is 1. The van der Waals surface area contributed by atoms with Crippen molar-refractivity contribution in [3.63, 3.8) is 0 Å². The summed E-state index contributed by atoms with van der Waals surface area (Å²) in [5.41, 5.74) is 1.67. The van der Waals surface area contributed by atoms with Gasteiger partial charge in [-0.1, -0.05) is 6.07 Å². The summed E-state index contributed by atoms with van der Waals surface area (Å²) in [6, 6.07) is 5.73. The third-order valence-corrected chi connectivity index (χ3v) is 2.16. The standard InChI is InChI=1S/C11H15NOS/c1-7(2)12-11(13)10-6-9(14)5-4-8(10)3/h4-7,14H,1-3H3,(H,12,13). The molecule has 14 heavy (non-hydrogen) atoms. The van der Waals surface area contributed by atoms with Crippen LogP contribution >= 0.6 is 12.6 Å². The fourth-order valence-electron chi connectivity index (χ4n) is 1.19. The van der Waals surface area contributed by atoms with E-state index in [4.69, 9.17) is 0 Å². The van der Waals surface area contributed by atoms with Crippen LogP contribution in [0.1, 0.15) is 29.8 Å². The number of hydrogen-bond donors (Lipinski definition) is 2. The maximum absolute atomic E-state index is 11.7. The molecule has 0 aliphatic heterocycles. The molecule has 1 rings (SSSR count). The van der Waals surface area contributed by atoms with E-state index in [1.165, 1.54) is 0 Å². The summed E-state index contributed by atoms with van der Waals surface area (Å²) < 4.78 is 0. The van der Waals surface area contributed by atoms with Gasteiger partial charge in [-0.2, -0.15) is 0 Å². The Hall–Kier alpha value is -0.960. The van der Waals surface area contributed by atoms with Gasteiger partial charge in [-0.25, -0.2) is 0 Å². The van der Waals surface area contributed by atoms with Crippen LogP contribution in [0.5, 0.6) is 0 Å². The zero-order chi connectivity index (χ0) is 10.7. The normalized spacial score (nSPS) is 10.4. The predicted octanol–water partition coefficient (Wildman–Crippen LogP) is 2.42. The molecule has 1 N–H and O–H groups in total. The summed E-state index contributed by atoms with van der Waals surface area (Å²) in [5, 5.41) is 2.85. The zero-order valence-electron chi connectivity index (χ0n) is 8.66. The SMILES string of the molecule is Cc1ccc(S)cc1C(=O)NC(C)C. The maximum atomic E-state index is 11.7. The number of nitrogens with one attached hydrogen (secondary N) is 1. The molecule has 1 aromatic rings. The van der Waals surface area contributed by atoms with Gasteiger partial charge in [0.25, 0.3) is 5.91 Å². The molecule has 0 bridgehead atoms. The summed E-state index contributed by atoms with van der Waals surface area (Å²) in [4.78, 5) is 12.5. The summed E-state index contributed by atoms with van der Waals surface area (Å²) in [5.74, 6) is -0.0339. The Labute approximate surface area is 90.1 Å². The van der Waals surface area contributed by atoms with Crippen molar-refractivity contribution < 1.29 is 4.79 Å². The number of carbonyl (C=O) groups is 1. The molecule has 0 atom stereocenters. The molecule has 2 nitrogen and oxygen atoms in total. The molecule has 0 radical (unpaired) electrons. The Morgan fingerprint density at radius 1 is 1.43 bits per heavy atom. The summed E-state index contributed by atoms with van der Waals surface area (Å²) in [6.45, 7) is 5.80. The van der Waals surface area contributed by atoms with Gasteiger partial charge in [-0.15, -0.1) is 12.6 Å². The van der Waals surface area contributed by atoms with E-state index in [0.29, 0.717) is 5.56 Å². The Morgan fingerprint density at radius 3 is 2.64 bits per heavy atom. The van der Waals surface area contributed by atoms with Crippen LogP contribution in [0.15, 0.2) is 23.1 Å². The topological polar surface area (TPSA) is 29.1 Å². The molecule has 0 aliphatic rings. The van der Waals surface area contributed by atoms with Gasteiger partial charge in [0.05, 0.1) is 0 Å². The van der Waals surface area contributed by atoms with Crippen LogP contribution < -0.4 is 5.32 Å². The average Bonchev–Trinajstić information content (AvgIpc) is 2.08. The number of thiol groups is 1. The van der Waals surface area contributed by atoms with Crippen molar-refractivity contribution in [2.45, 2.75) is 31.7 Å². The highest BCUT2D eigenvalue weighted by Crippen LogP contribution is 2.13.